The van der Waals surface area contributed by atoms with Gasteiger partial charge in [0, 0.05) is 75.6 Å². The van der Waals surface area contributed by atoms with E-state index in [4.69, 9.17) is 26.6 Å². The summed E-state index contributed by atoms with van der Waals surface area (Å²) in [5.41, 5.74) is 3.47. The van der Waals surface area contributed by atoms with Gasteiger partial charge < -0.3 is 47.8 Å². The van der Waals surface area contributed by atoms with Gasteiger partial charge in [-0.05, 0) is 136 Å². The number of carbonyl (C=O) groups is 2. The van der Waals surface area contributed by atoms with E-state index in [0.29, 0.717) is 89.0 Å². The second-order valence-corrected chi connectivity index (χ2v) is 28.5. The second kappa shape index (κ2) is 30.1. The zero-order valence-corrected chi connectivity index (χ0v) is 50.8. The molecule has 8 rings (SSSR count). The Morgan fingerprint density at radius 2 is 0.662 bits per heavy atom. The van der Waals surface area contributed by atoms with Crippen molar-refractivity contribution in [3.8, 4) is 11.1 Å². The second-order valence-electron chi connectivity index (χ2n) is 18.7. The Hall–Kier alpha value is -6.13. The van der Waals surface area contributed by atoms with Gasteiger partial charge >= 0.3 is 29.7 Å². The third kappa shape index (κ3) is 14.9. The Morgan fingerprint density at radius 3 is 0.950 bits per heavy atom. The first-order chi connectivity index (χ1) is 39.2. The van der Waals surface area contributed by atoms with Gasteiger partial charge in [0.15, 0.2) is 0 Å². The summed E-state index contributed by atoms with van der Waals surface area (Å²) in [5, 5.41) is 23.6. The van der Waals surface area contributed by atoms with Crippen molar-refractivity contribution in [2.75, 3.05) is 63.4 Å². The van der Waals surface area contributed by atoms with E-state index in [0.717, 1.165) is 43.3 Å². The van der Waals surface area contributed by atoms with Gasteiger partial charge in [0.2, 0.25) is 0 Å². The Morgan fingerprint density at radius 1 is 0.362 bits per heavy atom. The predicted octanol–water partition coefficient (Wildman–Crippen LogP) is 12.3. The normalized spacial score (nSPS) is 11.8. The molecule has 0 saturated carbocycles. The SMILES string of the molecule is CCO[Si](CCCNC(=O)Nc1cccc2c(-c3c(P(c4ccccc4)c4ccccc4)ccc4c(NC(=O)NCCC[Si](OCC)(OCC)OCC)cccc34)c(P(c3ccccc3)c3ccccc3)ccc12)(OCC)OCC. The summed E-state index contributed by atoms with van der Waals surface area (Å²) in [5.74, 6) is 0. The van der Waals surface area contributed by atoms with Crippen LogP contribution < -0.4 is 53.1 Å². The van der Waals surface area contributed by atoms with Crippen LogP contribution in [0.25, 0.3) is 32.7 Å². The minimum Gasteiger partial charge on any atom is -0.374 e. The van der Waals surface area contributed by atoms with E-state index in [2.05, 4.69) is 179 Å². The summed E-state index contributed by atoms with van der Waals surface area (Å²) in [6.45, 7) is 15.4. The Balaban J connectivity index is 1.29. The molecule has 0 unspecified atom stereocenters. The van der Waals surface area contributed by atoms with Crippen molar-refractivity contribution in [1.29, 1.82) is 0 Å². The average molecular weight is 1150 g/mol. The molecular formula is C64H76N4O8P2Si2. The molecule has 0 aliphatic heterocycles. The lowest BCUT2D eigenvalue weighted by Gasteiger charge is -2.29. The number of hydrogen-bond donors (Lipinski definition) is 4. The van der Waals surface area contributed by atoms with E-state index in [-0.39, 0.29) is 12.1 Å². The van der Waals surface area contributed by atoms with Crippen LogP contribution in [0.5, 0.6) is 0 Å². The summed E-state index contributed by atoms with van der Waals surface area (Å²) in [6, 6.07) is 64.9. The number of fused-ring (bicyclic) bond motifs is 2. The maximum atomic E-state index is 14.1. The van der Waals surface area contributed by atoms with Gasteiger partial charge in [-0.15, -0.1) is 0 Å². The van der Waals surface area contributed by atoms with E-state index in [1.54, 1.807) is 0 Å². The van der Waals surface area contributed by atoms with Gasteiger partial charge in [0.25, 0.3) is 0 Å². The fraction of sp³-hybridized carbons (Fsp3) is 0.281. The maximum absolute atomic E-state index is 14.1. The van der Waals surface area contributed by atoms with Gasteiger partial charge in [-0.1, -0.05) is 170 Å². The lowest BCUT2D eigenvalue weighted by atomic mass is 9.92. The van der Waals surface area contributed by atoms with Crippen molar-refractivity contribution in [3.63, 3.8) is 0 Å². The smallest absolute Gasteiger partial charge is 0.374 e. The highest BCUT2D eigenvalue weighted by Crippen LogP contribution is 2.47. The average Bonchev–Trinajstić information content (AvgIpc) is 3.60. The van der Waals surface area contributed by atoms with Crippen LogP contribution in [0.15, 0.2) is 182 Å². The molecule has 0 saturated heterocycles. The fourth-order valence-electron chi connectivity index (χ4n) is 10.3. The maximum Gasteiger partial charge on any atom is 0.500 e. The molecule has 0 radical (unpaired) electrons. The van der Waals surface area contributed by atoms with Crippen molar-refractivity contribution >= 4 is 110 Å². The van der Waals surface area contributed by atoms with Crippen LogP contribution in [0.1, 0.15) is 54.4 Å². The molecule has 0 bridgehead atoms. The quantitative estimate of drug-likeness (QED) is 0.0207. The van der Waals surface area contributed by atoms with Crippen LogP contribution in [-0.2, 0) is 26.6 Å². The van der Waals surface area contributed by atoms with Crippen LogP contribution in [0.3, 0.4) is 0 Å². The van der Waals surface area contributed by atoms with Crippen LogP contribution >= 0.6 is 15.8 Å². The number of carbonyl (C=O) groups excluding carboxylic acids is 2. The Bertz CT molecular complexity index is 2910. The topological polar surface area (TPSA) is 138 Å². The molecule has 0 fully saturated rings. The molecule has 8 aromatic rings. The summed E-state index contributed by atoms with van der Waals surface area (Å²) >= 11 is 0. The van der Waals surface area contributed by atoms with Crippen LogP contribution in [-0.4, -0.2) is 82.4 Å². The van der Waals surface area contributed by atoms with Crippen molar-refractivity contribution in [1.82, 2.24) is 10.6 Å². The molecule has 16 heteroatoms. The molecular weight excluding hydrogens is 1070 g/mol. The molecule has 0 aliphatic carbocycles. The largest absolute Gasteiger partial charge is 0.500 e. The van der Waals surface area contributed by atoms with Crippen LogP contribution in [0.4, 0.5) is 21.0 Å². The molecule has 8 aromatic carbocycles. The van der Waals surface area contributed by atoms with Crippen LogP contribution in [0.2, 0.25) is 12.1 Å². The highest BCUT2D eigenvalue weighted by molar-refractivity contribution is 7.80. The summed E-state index contributed by atoms with van der Waals surface area (Å²) in [6.07, 6.45) is 1.25. The lowest BCUT2D eigenvalue weighted by Crippen LogP contribution is -2.46. The number of benzene rings is 8. The van der Waals surface area contributed by atoms with E-state index in [1.807, 2.05) is 65.8 Å². The molecule has 4 N–H and O–H groups in total. The molecule has 4 amide bonds. The summed E-state index contributed by atoms with van der Waals surface area (Å²) < 4.78 is 36.6. The minimum absolute atomic E-state index is 0.314. The Kier molecular flexibility index (Phi) is 22.6. The number of amides is 4. The Labute approximate surface area is 477 Å². The predicted molar refractivity (Wildman–Crippen MR) is 338 cm³/mol. The highest BCUT2D eigenvalue weighted by atomic mass is 31.1. The standard InChI is InChI=1S/C64H76N4O8P2Si2/c1-7-71-79(72-8-2,73-9-3)47-27-45-65-63(69)67-57-39-25-37-55-53(57)41-43-59(77(49-29-17-13-18-30-49)50-31-19-14-20-32-50)61(55)62-56-38-26-40-58(68-64(70)66-46-28-48-80(74-10-4,75-11-5)76-12-6)54(56)42-44-60(62)78(51-33-21-15-22-34-51)52-35-23-16-24-36-52/h13-26,29-44H,7-12,27-28,45-48H2,1-6H3,(H2,65,67,69)(H2,66,68,70). The fourth-order valence-corrected chi connectivity index (χ4v) is 20.5. The van der Waals surface area contributed by atoms with E-state index in [1.165, 1.54) is 21.2 Å². The monoisotopic (exact) mass is 1150 g/mol. The first kappa shape index (κ1) is 60.0. The van der Waals surface area contributed by atoms with Gasteiger partial charge in [0.05, 0.1) is 11.4 Å². The molecule has 0 spiro atoms. The summed E-state index contributed by atoms with van der Waals surface area (Å²) in [7, 11) is -8.15. The molecule has 12 nitrogen and oxygen atoms in total. The third-order valence-corrected chi connectivity index (χ3v) is 24.7. The number of rotatable bonds is 29. The first-order valence-corrected chi connectivity index (χ1v) is 34.6. The highest BCUT2D eigenvalue weighted by Gasteiger charge is 2.41. The van der Waals surface area contributed by atoms with Gasteiger partial charge in [-0.3, -0.25) is 0 Å². The number of hydrogen-bond acceptors (Lipinski definition) is 8. The third-order valence-electron chi connectivity index (χ3n) is 13.4. The lowest BCUT2D eigenvalue weighted by molar-refractivity contribution is 0.0701. The molecule has 0 heterocycles. The van der Waals surface area contributed by atoms with Crippen molar-refractivity contribution in [3.05, 3.63) is 182 Å². The zero-order valence-electron chi connectivity index (χ0n) is 47.0. The molecule has 0 atom stereocenters. The van der Waals surface area contributed by atoms with E-state index >= 15 is 0 Å². The van der Waals surface area contributed by atoms with Gasteiger partial charge in [-0.2, -0.15) is 0 Å². The number of nitrogens with one attached hydrogen (secondary N) is 4. The number of anilines is 2. The van der Waals surface area contributed by atoms with Gasteiger partial charge in [0.1, 0.15) is 0 Å². The van der Waals surface area contributed by atoms with Crippen LogP contribution in [0, 0.1) is 0 Å². The van der Waals surface area contributed by atoms with Crippen molar-refractivity contribution in [2.24, 2.45) is 0 Å². The molecule has 418 valence electrons. The zero-order chi connectivity index (χ0) is 56.2. The summed E-state index contributed by atoms with van der Waals surface area (Å²) in [4.78, 5) is 28.1. The van der Waals surface area contributed by atoms with E-state index in [9.17, 15) is 9.59 Å². The van der Waals surface area contributed by atoms with E-state index < -0.39 is 33.5 Å². The van der Waals surface area contributed by atoms with Gasteiger partial charge in [-0.25, -0.2) is 9.59 Å². The van der Waals surface area contributed by atoms with Crippen molar-refractivity contribution in [2.45, 2.75) is 66.5 Å². The molecule has 0 aliphatic rings. The first-order valence-electron chi connectivity index (χ1n) is 28.1. The number of urea groups is 2. The molecule has 80 heavy (non-hydrogen) atoms. The minimum atomic E-state index is -2.89. The molecule has 0 aromatic heterocycles. The van der Waals surface area contributed by atoms with Crippen molar-refractivity contribution < 1.29 is 36.1 Å².